The Morgan fingerprint density at radius 3 is 2.62 bits per heavy atom. The molecule has 0 radical (unpaired) electrons. The van der Waals surface area contributed by atoms with E-state index in [1.165, 1.54) is 12.1 Å². The standard InChI is InChI=1S/C16H14BrNO3/c1-10-3-2-4-11(7-10)8-15(19)18-14-9-12(16(20)21)5-6-13(14)17/h2-7,9H,8H2,1H3,(H,18,19)(H,20,21). The van der Waals surface area contributed by atoms with E-state index in [0.717, 1.165) is 11.1 Å². The topological polar surface area (TPSA) is 66.4 Å². The molecular weight excluding hydrogens is 334 g/mol. The summed E-state index contributed by atoms with van der Waals surface area (Å²) in [5.74, 6) is -1.22. The van der Waals surface area contributed by atoms with Gasteiger partial charge in [0.1, 0.15) is 0 Å². The number of anilines is 1. The molecule has 0 heterocycles. The van der Waals surface area contributed by atoms with Crippen molar-refractivity contribution in [1.82, 2.24) is 0 Å². The predicted octanol–water partition coefficient (Wildman–Crippen LogP) is 3.64. The fourth-order valence-corrected chi connectivity index (χ4v) is 2.30. The molecule has 21 heavy (non-hydrogen) atoms. The van der Waals surface area contributed by atoms with Crippen LogP contribution in [-0.4, -0.2) is 17.0 Å². The van der Waals surface area contributed by atoms with Gasteiger partial charge in [-0.05, 0) is 46.6 Å². The molecule has 0 saturated carbocycles. The van der Waals surface area contributed by atoms with Crippen LogP contribution in [0.1, 0.15) is 21.5 Å². The number of amides is 1. The Labute approximate surface area is 130 Å². The molecule has 0 aliphatic carbocycles. The Kier molecular flexibility index (Phi) is 4.75. The summed E-state index contributed by atoms with van der Waals surface area (Å²) >= 11 is 3.30. The quantitative estimate of drug-likeness (QED) is 0.887. The largest absolute Gasteiger partial charge is 0.478 e. The number of aryl methyl sites for hydroxylation is 1. The Morgan fingerprint density at radius 1 is 1.19 bits per heavy atom. The van der Waals surface area contributed by atoms with Crippen LogP contribution in [0.25, 0.3) is 0 Å². The minimum atomic E-state index is -1.03. The molecule has 0 aliphatic rings. The first kappa shape index (κ1) is 15.3. The summed E-state index contributed by atoms with van der Waals surface area (Å²) in [6, 6.07) is 12.2. The van der Waals surface area contributed by atoms with Crippen LogP contribution in [0.4, 0.5) is 5.69 Å². The Bertz CT molecular complexity index is 698. The van der Waals surface area contributed by atoms with Crippen LogP contribution in [0, 0.1) is 6.92 Å². The normalized spacial score (nSPS) is 10.2. The Balaban J connectivity index is 2.12. The van der Waals surface area contributed by atoms with Gasteiger partial charge in [0.05, 0.1) is 17.7 Å². The summed E-state index contributed by atoms with van der Waals surface area (Å²) in [4.78, 5) is 23.0. The van der Waals surface area contributed by atoms with Gasteiger partial charge in [0, 0.05) is 4.47 Å². The maximum atomic E-state index is 12.0. The maximum absolute atomic E-state index is 12.0. The van der Waals surface area contributed by atoms with Crippen LogP contribution in [-0.2, 0) is 11.2 Å². The van der Waals surface area contributed by atoms with E-state index in [1.807, 2.05) is 31.2 Å². The zero-order chi connectivity index (χ0) is 15.4. The highest BCUT2D eigenvalue weighted by Crippen LogP contribution is 2.24. The molecule has 0 aromatic heterocycles. The zero-order valence-corrected chi connectivity index (χ0v) is 13.0. The molecule has 2 aromatic carbocycles. The predicted molar refractivity (Wildman–Crippen MR) is 84.6 cm³/mol. The van der Waals surface area contributed by atoms with Gasteiger partial charge in [-0.15, -0.1) is 0 Å². The average molecular weight is 348 g/mol. The zero-order valence-electron chi connectivity index (χ0n) is 11.4. The lowest BCUT2D eigenvalue weighted by Gasteiger charge is -2.09. The van der Waals surface area contributed by atoms with Crippen molar-refractivity contribution in [2.75, 3.05) is 5.32 Å². The van der Waals surface area contributed by atoms with Crippen molar-refractivity contribution in [2.45, 2.75) is 13.3 Å². The van der Waals surface area contributed by atoms with Crippen molar-refractivity contribution in [2.24, 2.45) is 0 Å². The van der Waals surface area contributed by atoms with Crippen LogP contribution in [0.3, 0.4) is 0 Å². The number of aromatic carboxylic acids is 1. The lowest BCUT2D eigenvalue weighted by atomic mass is 10.1. The highest BCUT2D eigenvalue weighted by atomic mass is 79.9. The number of carboxylic acids is 1. The van der Waals surface area contributed by atoms with Crippen molar-refractivity contribution < 1.29 is 14.7 Å². The fourth-order valence-electron chi connectivity index (χ4n) is 1.96. The molecule has 0 spiro atoms. The van der Waals surface area contributed by atoms with Gasteiger partial charge in [-0.1, -0.05) is 29.8 Å². The molecule has 0 unspecified atom stereocenters. The number of hydrogen-bond acceptors (Lipinski definition) is 2. The van der Waals surface area contributed by atoms with Gasteiger partial charge < -0.3 is 10.4 Å². The molecule has 2 rings (SSSR count). The van der Waals surface area contributed by atoms with E-state index in [-0.39, 0.29) is 17.9 Å². The number of hydrogen-bond donors (Lipinski definition) is 2. The molecule has 0 aliphatic heterocycles. The second kappa shape index (κ2) is 6.54. The minimum Gasteiger partial charge on any atom is -0.478 e. The van der Waals surface area contributed by atoms with E-state index in [9.17, 15) is 9.59 Å². The van der Waals surface area contributed by atoms with Crippen LogP contribution in [0.2, 0.25) is 0 Å². The fraction of sp³-hybridized carbons (Fsp3) is 0.125. The van der Waals surface area contributed by atoms with Gasteiger partial charge in [0.2, 0.25) is 5.91 Å². The van der Waals surface area contributed by atoms with E-state index < -0.39 is 5.97 Å². The molecule has 108 valence electrons. The van der Waals surface area contributed by atoms with Gasteiger partial charge in [-0.3, -0.25) is 4.79 Å². The summed E-state index contributed by atoms with van der Waals surface area (Å²) in [7, 11) is 0. The van der Waals surface area contributed by atoms with Crippen LogP contribution in [0.5, 0.6) is 0 Å². The number of rotatable bonds is 4. The van der Waals surface area contributed by atoms with E-state index in [2.05, 4.69) is 21.2 Å². The lowest BCUT2D eigenvalue weighted by molar-refractivity contribution is -0.115. The summed E-state index contributed by atoms with van der Waals surface area (Å²) in [5.41, 5.74) is 2.59. The summed E-state index contributed by atoms with van der Waals surface area (Å²) < 4.78 is 0.644. The van der Waals surface area contributed by atoms with E-state index in [1.54, 1.807) is 6.07 Å². The minimum absolute atomic E-state index is 0.129. The van der Waals surface area contributed by atoms with Crippen LogP contribution >= 0.6 is 15.9 Å². The molecule has 0 saturated heterocycles. The van der Waals surface area contributed by atoms with E-state index in [0.29, 0.717) is 10.2 Å². The third kappa shape index (κ3) is 4.16. The lowest BCUT2D eigenvalue weighted by Crippen LogP contribution is -2.15. The summed E-state index contributed by atoms with van der Waals surface area (Å²) in [5, 5.41) is 11.7. The number of carboxylic acid groups (broad SMARTS) is 1. The maximum Gasteiger partial charge on any atom is 0.335 e. The van der Waals surface area contributed by atoms with E-state index in [4.69, 9.17) is 5.11 Å². The summed E-state index contributed by atoms with van der Waals surface area (Å²) in [6.07, 6.45) is 0.241. The average Bonchev–Trinajstić information content (AvgIpc) is 2.41. The van der Waals surface area contributed by atoms with Gasteiger partial charge in [-0.25, -0.2) is 4.79 Å². The molecule has 2 N–H and O–H groups in total. The van der Waals surface area contributed by atoms with Crippen molar-refractivity contribution in [3.05, 3.63) is 63.6 Å². The number of carbonyl (C=O) groups is 2. The molecule has 0 atom stereocenters. The molecule has 0 fully saturated rings. The van der Waals surface area contributed by atoms with E-state index >= 15 is 0 Å². The smallest absolute Gasteiger partial charge is 0.335 e. The second-order valence-electron chi connectivity index (χ2n) is 4.71. The SMILES string of the molecule is Cc1cccc(CC(=O)Nc2cc(C(=O)O)ccc2Br)c1. The Morgan fingerprint density at radius 2 is 1.95 bits per heavy atom. The monoisotopic (exact) mass is 347 g/mol. The number of benzene rings is 2. The van der Waals surface area contributed by atoms with Gasteiger partial charge in [0.15, 0.2) is 0 Å². The van der Waals surface area contributed by atoms with Gasteiger partial charge in [-0.2, -0.15) is 0 Å². The van der Waals surface area contributed by atoms with Crippen LogP contribution < -0.4 is 5.32 Å². The first-order valence-electron chi connectivity index (χ1n) is 6.34. The molecule has 5 heteroatoms. The highest BCUT2D eigenvalue weighted by molar-refractivity contribution is 9.10. The van der Waals surface area contributed by atoms with Crippen molar-refractivity contribution in [3.63, 3.8) is 0 Å². The second-order valence-corrected chi connectivity index (χ2v) is 5.57. The number of nitrogens with one attached hydrogen (secondary N) is 1. The van der Waals surface area contributed by atoms with Crippen molar-refractivity contribution in [1.29, 1.82) is 0 Å². The highest BCUT2D eigenvalue weighted by Gasteiger charge is 2.10. The molecular formula is C16H14BrNO3. The first-order valence-corrected chi connectivity index (χ1v) is 7.13. The molecule has 4 nitrogen and oxygen atoms in total. The Hall–Kier alpha value is -2.14. The molecule has 0 bridgehead atoms. The number of carbonyl (C=O) groups excluding carboxylic acids is 1. The first-order chi connectivity index (χ1) is 9.95. The molecule has 1 amide bonds. The number of halogens is 1. The van der Waals surface area contributed by atoms with Crippen LogP contribution in [0.15, 0.2) is 46.9 Å². The van der Waals surface area contributed by atoms with Crippen molar-refractivity contribution in [3.8, 4) is 0 Å². The summed E-state index contributed by atoms with van der Waals surface area (Å²) in [6.45, 7) is 1.97. The third-order valence-electron chi connectivity index (χ3n) is 2.93. The van der Waals surface area contributed by atoms with Crippen molar-refractivity contribution >= 4 is 33.5 Å². The third-order valence-corrected chi connectivity index (χ3v) is 3.63. The van der Waals surface area contributed by atoms with Gasteiger partial charge >= 0.3 is 5.97 Å². The van der Waals surface area contributed by atoms with Gasteiger partial charge in [0.25, 0.3) is 0 Å². The molecule has 2 aromatic rings.